The lowest BCUT2D eigenvalue weighted by molar-refractivity contribution is 0.257. The van der Waals surface area contributed by atoms with Crippen molar-refractivity contribution in [2.45, 2.75) is 13.0 Å². The molecule has 0 spiro atoms. The molecular weight excluding hydrogens is 181 g/mol. The maximum atomic E-state index is 12.8. The summed E-state index contributed by atoms with van der Waals surface area (Å²) in [6.45, 7) is 1.84. The van der Waals surface area contributed by atoms with E-state index in [0.717, 1.165) is 10.7 Å². The number of nitrogens with zero attached hydrogens (tertiary/aromatic N) is 1. The van der Waals surface area contributed by atoms with Gasteiger partial charge >= 0.3 is 0 Å². The van der Waals surface area contributed by atoms with E-state index in [-0.39, 0.29) is 11.9 Å². The number of hydrogen-bond donors (Lipinski definition) is 2. The molecule has 0 saturated carbocycles. The van der Waals surface area contributed by atoms with Crippen LogP contribution in [0.3, 0.4) is 0 Å². The number of rotatable bonds is 3. The Morgan fingerprint density at radius 1 is 1.43 bits per heavy atom. The average Bonchev–Trinajstić information content (AvgIpc) is 2.14. The molecule has 0 amide bonds. The fraction of sp³-hybridized carbons (Fsp3) is 0.200. The molecule has 0 aliphatic heterocycles. The van der Waals surface area contributed by atoms with E-state index in [1.807, 2.05) is 13.0 Å². The van der Waals surface area contributed by atoms with Crippen molar-refractivity contribution in [1.29, 1.82) is 0 Å². The number of benzene rings is 1. The first-order chi connectivity index (χ1) is 6.59. The summed E-state index contributed by atoms with van der Waals surface area (Å²) in [6.07, 6.45) is 3.58. The monoisotopic (exact) mass is 195 g/mol. The molecule has 0 saturated heterocycles. The highest BCUT2D eigenvalue weighted by atomic mass is 19.1. The second-order valence-electron chi connectivity index (χ2n) is 3.10. The summed E-state index contributed by atoms with van der Waals surface area (Å²) in [5.74, 6) is 10.4. The van der Waals surface area contributed by atoms with Crippen LogP contribution in [-0.2, 0) is 0 Å². The topological polar surface area (TPSA) is 55.3 Å². The number of hydrazine groups is 2. The third-order valence-corrected chi connectivity index (χ3v) is 1.89. The summed E-state index contributed by atoms with van der Waals surface area (Å²) < 4.78 is 12.8. The molecule has 3 nitrogen and oxygen atoms in total. The Bertz CT molecular complexity index is 323. The van der Waals surface area contributed by atoms with Crippen molar-refractivity contribution in [3.63, 3.8) is 0 Å². The summed E-state index contributed by atoms with van der Waals surface area (Å²) in [7, 11) is 0. The van der Waals surface area contributed by atoms with E-state index in [0.29, 0.717) is 0 Å². The van der Waals surface area contributed by atoms with E-state index < -0.39 is 0 Å². The fourth-order valence-electron chi connectivity index (χ4n) is 0.960. The van der Waals surface area contributed by atoms with Crippen LogP contribution < -0.4 is 11.7 Å². The Labute approximate surface area is 82.7 Å². The fourth-order valence-corrected chi connectivity index (χ4v) is 0.960. The maximum Gasteiger partial charge on any atom is 0.123 e. The third-order valence-electron chi connectivity index (χ3n) is 1.89. The van der Waals surface area contributed by atoms with Crippen LogP contribution in [0, 0.1) is 5.82 Å². The van der Waals surface area contributed by atoms with Crippen LogP contribution in [0.5, 0.6) is 0 Å². The first-order valence-corrected chi connectivity index (χ1v) is 4.32. The largest absolute Gasteiger partial charge is 0.255 e. The van der Waals surface area contributed by atoms with E-state index in [1.54, 1.807) is 18.2 Å². The van der Waals surface area contributed by atoms with Gasteiger partial charge in [-0.25, -0.2) is 4.39 Å². The molecule has 1 aromatic carbocycles. The minimum Gasteiger partial charge on any atom is -0.255 e. The van der Waals surface area contributed by atoms with E-state index in [1.165, 1.54) is 12.1 Å². The van der Waals surface area contributed by atoms with Crippen molar-refractivity contribution in [2.24, 2.45) is 11.7 Å². The van der Waals surface area contributed by atoms with Crippen LogP contribution in [0.2, 0.25) is 0 Å². The minimum atomic E-state index is -0.253. The molecule has 0 heterocycles. The van der Waals surface area contributed by atoms with Crippen LogP contribution in [-0.4, -0.2) is 11.2 Å². The molecule has 1 unspecified atom stereocenters. The summed E-state index contributed by atoms with van der Waals surface area (Å²) >= 11 is 0. The summed E-state index contributed by atoms with van der Waals surface area (Å²) in [6, 6.07) is 6.23. The Morgan fingerprint density at radius 2 is 2.14 bits per heavy atom. The Kier molecular flexibility index (Phi) is 3.76. The zero-order valence-electron chi connectivity index (χ0n) is 8.02. The van der Waals surface area contributed by atoms with Crippen LogP contribution in [0.25, 0.3) is 6.08 Å². The maximum absolute atomic E-state index is 12.8. The molecule has 1 rings (SSSR count). The first-order valence-electron chi connectivity index (χ1n) is 4.32. The van der Waals surface area contributed by atoms with E-state index in [9.17, 15) is 4.39 Å². The van der Waals surface area contributed by atoms with E-state index in [4.69, 9.17) is 11.7 Å². The van der Waals surface area contributed by atoms with Crippen LogP contribution in [0.1, 0.15) is 12.5 Å². The van der Waals surface area contributed by atoms with Crippen molar-refractivity contribution in [3.05, 3.63) is 41.7 Å². The zero-order chi connectivity index (χ0) is 10.6. The molecule has 0 radical (unpaired) electrons. The second-order valence-corrected chi connectivity index (χ2v) is 3.10. The molecule has 4 heteroatoms. The molecule has 0 fully saturated rings. The lowest BCUT2D eigenvalue weighted by atomic mass is 10.2. The second kappa shape index (κ2) is 4.85. The van der Waals surface area contributed by atoms with Crippen molar-refractivity contribution >= 4 is 6.08 Å². The van der Waals surface area contributed by atoms with Crippen molar-refractivity contribution < 1.29 is 4.39 Å². The molecule has 14 heavy (non-hydrogen) atoms. The average molecular weight is 195 g/mol. The van der Waals surface area contributed by atoms with Gasteiger partial charge in [-0.2, -0.15) is 5.12 Å². The highest BCUT2D eigenvalue weighted by Gasteiger charge is 1.99. The normalized spacial score (nSPS) is 13.8. The van der Waals surface area contributed by atoms with Gasteiger partial charge in [0.1, 0.15) is 5.82 Å². The smallest absolute Gasteiger partial charge is 0.123 e. The molecule has 1 atom stereocenters. The molecule has 4 N–H and O–H groups in total. The van der Waals surface area contributed by atoms with Gasteiger partial charge in [-0.3, -0.25) is 11.7 Å². The minimum absolute atomic E-state index is 0.0849. The molecule has 0 aromatic heterocycles. The summed E-state index contributed by atoms with van der Waals surface area (Å²) in [4.78, 5) is 0. The molecule has 76 valence electrons. The molecule has 1 aromatic rings. The number of hydrogen-bond acceptors (Lipinski definition) is 3. The Balaban J connectivity index is 2.69. The van der Waals surface area contributed by atoms with E-state index in [2.05, 4.69) is 0 Å². The highest BCUT2D eigenvalue weighted by molar-refractivity contribution is 5.49. The molecular formula is C10H14FN3. The van der Waals surface area contributed by atoms with Gasteiger partial charge in [0.15, 0.2) is 0 Å². The van der Waals surface area contributed by atoms with Gasteiger partial charge in [0.2, 0.25) is 0 Å². The van der Waals surface area contributed by atoms with Gasteiger partial charge in [-0.15, -0.1) is 0 Å². The van der Waals surface area contributed by atoms with Crippen molar-refractivity contribution in [2.75, 3.05) is 0 Å². The van der Waals surface area contributed by atoms with Crippen molar-refractivity contribution in [3.8, 4) is 0 Å². The lowest BCUT2D eigenvalue weighted by Gasteiger charge is -2.13. The van der Waals surface area contributed by atoms with Gasteiger partial charge < -0.3 is 0 Å². The lowest BCUT2D eigenvalue weighted by Crippen LogP contribution is -2.43. The first kappa shape index (κ1) is 10.8. The predicted molar refractivity (Wildman–Crippen MR) is 55.1 cm³/mol. The van der Waals surface area contributed by atoms with Gasteiger partial charge in [0.25, 0.3) is 0 Å². The van der Waals surface area contributed by atoms with Gasteiger partial charge in [0.05, 0.1) is 6.04 Å². The Morgan fingerprint density at radius 3 is 2.71 bits per heavy atom. The van der Waals surface area contributed by atoms with Crippen LogP contribution >= 0.6 is 0 Å². The van der Waals surface area contributed by atoms with E-state index >= 15 is 0 Å². The molecule has 0 aliphatic carbocycles. The van der Waals surface area contributed by atoms with Crippen molar-refractivity contribution in [1.82, 2.24) is 5.12 Å². The van der Waals surface area contributed by atoms with Gasteiger partial charge in [-0.05, 0) is 24.6 Å². The molecule has 0 bridgehead atoms. The zero-order valence-corrected chi connectivity index (χ0v) is 8.02. The van der Waals surface area contributed by atoms with Gasteiger partial charge in [0, 0.05) is 0 Å². The standard InChI is InChI=1S/C10H14FN3/c1-8(14(12)13)5-6-9-3-2-4-10(11)7-9/h2-8H,12-13H2,1H3/b6-5+. The van der Waals surface area contributed by atoms with Gasteiger partial charge in [-0.1, -0.05) is 24.3 Å². The SMILES string of the molecule is CC(/C=C/c1cccc(F)c1)N(N)N. The summed E-state index contributed by atoms with van der Waals surface area (Å²) in [5, 5.41) is 1.09. The van der Waals surface area contributed by atoms with Crippen LogP contribution in [0.15, 0.2) is 30.3 Å². The number of nitrogens with two attached hydrogens (primary N) is 2. The Hall–Kier alpha value is -1.23. The van der Waals surface area contributed by atoms with Crippen LogP contribution in [0.4, 0.5) is 4.39 Å². The quantitative estimate of drug-likeness (QED) is 0.564. The highest BCUT2D eigenvalue weighted by Crippen LogP contribution is 2.06. The number of halogens is 1. The third kappa shape index (κ3) is 3.26. The predicted octanol–water partition coefficient (Wildman–Crippen LogP) is 1.28. The molecule has 0 aliphatic rings. The summed E-state index contributed by atoms with van der Waals surface area (Å²) in [5.41, 5.74) is 0.790.